The smallest absolute Gasteiger partial charge is 0.130 e. The minimum Gasteiger partial charge on any atom is -0.507 e. The van der Waals surface area contributed by atoms with Gasteiger partial charge in [-0.05, 0) is 30.2 Å². The first-order valence-corrected chi connectivity index (χ1v) is 8.38. The summed E-state index contributed by atoms with van der Waals surface area (Å²) in [6, 6.07) is 15.7. The Balaban J connectivity index is 2.19. The molecule has 1 N–H and O–H groups in total. The van der Waals surface area contributed by atoms with Gasteiger partial charge in [-0.3, -0.25) is 0 Å². The number of rotatable bonds is 4. The lowest BCUT2D eigenvalue weighted by atomic mass is 9.96. The number of methoxy groups -OCH3 is 1. The quantitative estimate of drug-likeness (QED) is 0.613. The summed E-state index contributed by atoms with van der Waals surface area (Å²) in [6.07, 6.45) is 0.543. The van der Waals surface area contributed by atoms with Gasteiger partial charge in [-0.25, -0.2) is 4.39 Å². The molecule has 0 unspecified atom stereocenters. The van der Waals surface area contributed by atoms with Crippen molar-refractivity contribution in [2.45, 2.75) is 13.3 Å². The SMILES string of the molecule is CCc1c(F)cc(-c2cccc(-c3ccccc3O)c2Cl)cc1OC. The van der Waals surface area contributed by atoms with Crippen molar-refractivity contribution < 1.29 is 14.2 Å². The van der Waals surface area contributed by atoms with Crippen LogP contribution in [0.3, 0.4) is 0 Å². The number of phenolic OH excluding ortho intramolecular Hbond substituents is 1. The van der Waals surface area contributed by atoms with E-state index in [0.717, 1.165) is 0 Å². The van der Waals surface area contributed by atoms with Gasteiger partial charge in [0.15, 0.2) is 0 Å². The van der Waals surface area contributed by atoms with E-state index in [2.05, 4.69) is 0 Å². The van der Waals surface area contributed by atoms with Gasteiger partial charge in [0.05, 0.1) is 12.1 Å². The molecule has 0 spiro atoms. The van der Waals surface area contributed by atoms with E-state index in [4.69, 9.17) is 16.3 Å². The fraction of sp³-hybridized carbons (Fsp3) is 0.143. The third-order valence-corrected chi connectivity index (χ3v) is 4.64. The number of para-hydroxylation sites is 1. The summed E-state index contributed by atoms with van der Waals surface area (Å²) in [6.45, 7) is 1.88. The summed E-state index contributed by atoms with van der Waals surface area (Å²) < 4.78 is 19.8. The van der Waals surface area contributed by atoms with Crippen molar-refractivity contribution in [3.8, 4) is 33.8 Å². The number of hydrogen-bond donors (Lipinski definition) is 1. The number of aromatic hydroxyl groups is 1. The molecule has 3 aromatic rings. The van der Waals surface area contributed by atoms with Gasteiger partial charge >= 0.3 is 0 Å². The molecule has 0 heterocycles. The van der Waals surface area contributed by atoms with Crippen molar-refractivity contribution >= 4 is 11.6 Å². The summed E-state index contributed by atoms with van der Waals surface area (Å²) in [5, 5.41) is 10.6. The van der Waals surface area contributed by atoms with Crippen molar-refractivity contribution in [1.82, 2.24) is 0 Å². The molecular weight excluding hydrogens is 339 g/mol. The van der Waals surface area contributed by atoms with Crippen LogP contribution < -0.4 is 4.74 Å². The molecule has 3 aromatic carbocycles. The predicted molar refractivity (Wildman–Crippen MR) is 99.9 cm³/mol. The molecule has 0 aliphatic rings. The van der Waals surface area contributed by atoms with Crippen LogP contribution in [0.4, 0.5) is 4.39 Å². The average Bonchev–Trinajstić information content (AvgIpc) is 2.62. The lowest BCUT2D eigenvalue weighted by Gasteiger charge is -2.14. The molecule has 0 radical (unpaired) electrons. The molecule has 0 saturated carbocycles. The zero-order valence-corrected chi connectivity index (χ0v) is 14.8. The van der Waals surface area contributed by atoms with Gasteiger partial charge < -0.3 is 9.84 Å². The minimum atomic E-state index is -0.319. The Morgan fingerprint density at radius 3 is 2.36 bits per heavy atom. The molecule has 0 atom stereocenters. The monoisotopic (exact) mass is 356 g/mol. The number of halogens is 2. The first-order valence-electron chi connectivity index (χ1n) is 8.00. The standard InChI is InChI=1S/C21H18ClFO2/c1-3-14-18(23)11-13(12-20(14)25-2)15-8-6-9-17(21(15)22)16-7-4-5-10-19(16)24/h4-12,24H,3H2,1-2H3. The van der Waals surface area contributed by atoms with Crippen LogP contribution in [0.1, 0.15) is 12.5 Å². The molecule has 128 valence electrons. The number of benzene rings is 3. The highest BCUT2D eigenvalue weighted by atomic mass is 35.5. The molecule has 3 rings (SSSR count). The van der Waals surface area contributed by atoms with Crippen LogP contribution in [-0.4, -0.2) is 12.2 Å². The molecule has 0 aliphatic carbocycles. The lowest BCUT2D eigenvalue weighted by Crippen LogP contribution is -1.96. The van der Waals surface area contributed by atoms with Crippen LogP contribution in [0.5, 0.6) is 11.5 Å². The molecule has 0 amide bonds. The Labute approximate surface area is 151 Å². The summed E-state index contributed by atoms with van der Waals surface area (Å²) in [5.41, 5.74) is 3.18. The Bertz CT molecular complexity index is 922. The topological polar surface area (TPSA) is 29.5 Å². The zero-order valence-electron chi connectivity index (χ0n) is 14.0. The highest BCUT2D eigenvalue weighted by molar-refractivity contribution is 6.36. The van der Waals surface area contributed by atoms with Crippen LogP contribution in [-0.2, 0) is 6.42 Å². The van der Waals surface area contributed by atoms with E-state index >= 15 is 0 Å². The molecule has 0 fully saturated rings. The lowest BCUT2D eigenvalue weighted by molar-refractivity contribution is 0.405. The third-order valence-electron chi connectivity index (χ3n) is 4.23. The van der Waals surface area contributed by atoms with E-state index in [1.165, 1.54) is 13.2 Å². The maximum absolute atomic E-state index is 14.4. The van der Waals surface area contributed by atoms with E-state index < -0.39 is 0 Å². The molecule has 0 bridgehead atoms. The second kappa shape index (κ2) is 7.16. The van der Waals surface area contributed by atoms with Crippen LogP contribution in [0.15, 0.2) is 54.6 Å². The second-order valence-electron chi connectivity index (χ2n) is 5.68. The van der Waals surface area contributed by atoms with E-state index in [9.17, 15) is 9.50 Å². The van der Waals surface area contributed by atoms with Crippen LogP contribution in [0, 0.1) is 5.82 Å². The number of ether oxygens (including phenoxy) is 1. The van der Waals surface area contributed by atoms with E-state index in [-0.39, 0.29) is 11.6 Å². The fourth-order valence-corrected chi connectivity index (χ4v) is 3.29. The second-order valence-corrected chi connectivity index (χ2v) is 6.05. The maximum atomic E-state index is 14.4. The summed E-state index contributed by atoms with van der Waals surface area (Å²) in [4.78, 5) is 0. The van der Waals surface area contributed by atoms with E-state index in [1.807, 2.05) is 31.2 Å². The summed E-state index contributed by atoms with van der Waals surface area (Å²) in [5.74, 6) is 0.328. The Kier molecular flexibility index (Phi) is 4.95. The van der Waals surface area contributed by atoms with Crippen LogP contribution >= 0.6 is 11.6 Å². The largest absolute Gasteiger partial charge is 0.507 e. The van der Waals surface area contributed by atoms with Crippen molar-refractivity contribution in [1.29, 1.82) is 0 Å². The van der Waals surface area contributed by atoms with Gasteiger partial charge in [0.25, 0.3) is 0 Å². The van der Waals surface area contributed by atoms with Crippen molar-refractivity contribution in [3.05, 3.63) is 71.0 Å². The average molecular weight is 357 g/mol. The summed E-state index contributed by atoms with van der Waals surface area (Å²) >= 11 is 6.60. The van der Waals surface area contributed by atoms with E-state index in [0.29, 0.717) is 45.0 Å². The van der Waals surface area contributed by atoms with Crippen molar-refractivity contribution in [2.24, 2.45) is 0 Å². The summed E-state index contributed by atoms with van der Waals surface area (Å²) in [7, 11) is 1.53. The minimum absolute atomic E-state index is 0.145. The fourth-order valence-electron chi connectivity index (χ4n) is 2.96. The zero-order chi connectivity index (χ0) is 18.0. The van der Waals surface area contributed by atoms with Gasteiger partial charge in [0.1, 0.15) is 17.3 Å². The molecular formula is C21H18ClFO2. The molecule has 2 nitrogen and oxygen atoms in total. The number of phenols is 1. The highest BCUT2D eigenvalue weighted by Gasteiger charge is 2.16. The number of hydrogen-bond acceptors (Lipinski definition) is 2. The van der Waals surface area contributed by atoms with Gasteiger partial charge in [0.2, 0.25) is 0 Å². The Morgan fingerprint density at radius 1 is 1.00 bits per heavy atom. The first kappa shape index (κ1) is 17.3. The highest BCUT2D eigenvalue weighted by Crippen LogP contribution is 2.41. The maximum Gasteiger partial charge on any atom is 0.130 e. The molecule has 25 heavy (non-hydrogen) atoms. The van der Waals surface area contributed by atoms with Gasteiger partial charge in [-0.15, -0.1) is 0 Å². The van der Waals surface area contributed by atoms with Gasteiger partial charge in [-0.2, -0.15) is 0 Å². The molecule has 0 aromatic heterocycles. The molecule has 0 saturated heterocycles. The van der Waals surface area contributed by atoms with Crippen molar-refractivity contribution in [3.63, 3.8) is 0 Å². The Hall–Kier alpha value is -2.52. The van der Waals surface area contributed by atoms with Crippen molar-refractivity contribution in [2.75, 3.05) is 7.11 Å². The van der Waals surface area contributed by atoms with Crippen LogP contribution in [0.2, 0.25) is 5.02 Å². The molecule has 0 aliphatic heterocycles. The Morgan fingerprint density at radius 2 is 1.68 bits per heavy atom. The van der Waals surface area contributed by atoms with E-state index in [1.54, 1.807) is 24.3 Å². The molecule has 4 heteroatoms. The normalized spacial score (nSPS) is 10.7. The first-order chi connectivity index (χ1) is 12.1. The van der Waals surface area contributed by atoms with Gasteiger partial charge in [0, 0.05) is 22.3 Å². The van der Waals surface area contributed by atoms with Crippen LogP contribution in [0.25, 0.3) is 22.3 Å². The third kappa shape index (κ3) is 3.20. The van der Waals surface area contributed by atoms with Gasteiger partial charge in [-0.1, -0.05) is 54.9 Å². The predicted octanol–water partition coefficient (Wildman–Crippen LogP) is 6.09.